The summed E-state index contributed by atoms with van der Waals surface area (Å²) >= 11 is 1.75. The van der Waals surface area contributed by atoms with Crippen molar-refractivity contribution in [3.63, 3.8) is 0 Å². The maximum absolute atomic E-state index is 5.43. The summed E-state index contributed by atoms with van der Waals surface area (Å²) in [6, 6.07) is 6.27. The van der Waals surface area contributed by atoms with Gasteiger partial charge >= 0.3 is 0 Å². The van der Waals surface area contributed by atoms with E-state index in [0.29, 0.717) is 0 Å². The van der Waals surface area contributed by atoms with Gasteiger partial charge in [-0.3, -0.25) is 0 Å². The van der Waals surface area contributed by atoms with Gasteiger partial charge in [-0.25, -0.2) is 0 Å². The van der Waals surface area contributed by atoms with Gasteiger partial charge in [0.2, 0.25) is 0 Å². The smallest absolute Gasteiger partial charge is 0.122 e. The van der Waals surface area contributed by atoms with Crippen molar-refractivity contribution >= 4 is 11.8 Å². The van der Waals surface area contributed by atoms with Crippen LogP contribution in [0.1, 0.15) is 12.5 Å². The molecular weight excluding hydrogens is 168 g/mol. The van der Waals surface area contributed by atoms with E-state index in [0.717, 1.165) is 12.4 Å². The highest BCUT2D eigenvalue weighted by Gasteiger charge is 1.98. The lowest BCUT2D eigenvalue weighted by molar-refractivity contribution is 0.337. The summed E-state index contributed by atoms with van der Waals surface area (Å²) in [4.78, 5) is 1.29. The average molecular weight is 182 g/mol. The van der Waals surface area contributed by atoms with Crippen molar-refractivity contribution in [3.05, 3.63) is 23.8 Å². The Morgan fingerprint density at radius 2 is 2.17 bits per heavy atom. The molecule has 0 aromatic heterocycles. The number of benzene rings is 1. The topological polar surface area (TPSA) is 9.23 Å². The van der Waals surface area contributed by atoms with Crippen LogP contribution in [0.4, 0.5) is 0 Å². The molecule has 0 saturated carbocycles. The summed E-state index contributed by atoms with van der Waals surface area (Å²) in [6.45, 7) is 4.81. The van der Waals surface area contributed by atoms with Crippen LogP contribution in [0.3, 0.4) is 0 Å². The molecule has 0 N–H and O–H groups in total. The molecule has 0 aliphatic carbocycles. The highest BCUT2D eigenvalue weighted by atomic mass is 32.2. The molecule has 1 aromatic rings. The molecule has 0 aliphatic rings. The van der Waals surface area contributed by atoms with Crippen molar-refractivity contribution in [2.24, 2.45) is 0 Å². The number of rotatable bonds is 3. The molecule has 0 fully saturated rings. The molecule has 0 atom stereocenters. The molecule has 0 radical (unpaired) electrons. The predicted molar refractivity (Wildman–Crippen MR) is 54.1 cm³/mol. The Morgan fingerprint density at radius 3 is 2.67 bits per heavy atom. The molecule has 0 bridgehead atoms. The summed E-state index contributed by atoms with van der Waals surface area (Å²) in [5.41, 5.74) is 1.21. The fourth-order valence-corrected chi connectivity index (χ4v) is 1.57. The molecule has 0 saturated heterocycles. The van der Waals surface area contributed by atoms with Gasteiger partial charge in [-0.1, -0.05) is 0 Å². The third-order valence-corrected chi connectivity index (χ3v) is 2.41. The first kappa shape index (κ1) is 9.46. The third kappa shape index (κ3) is 2.18. The number of hydrogen-bond acceptors (Lipinski definition) is 2. The normalized spacial score (nSPS) is 9.92. The summed E-state index contributed by atoms with van der Waals surface area (Å²) in [5, 5.41) is 0. The molecule has 0 heterocycles. The Hall–Kier alpha value is -0.630. The SMILES string of the molecule is CCOc1ccc(SC)cc1C. The second-order valence-electron chi connectivity index (χ2n) is 2.56. The van der Waals surface area contributed by atoms with E-state index in [1.54, 1.807) is 11.8 Å². The minimum Gasteiger partial charge on any atom is -0.494 e. The maximum Gasteiger partial charge on any atom is 0.122 e. The van der Waals surface area contributed by atoms with Gasteiger partial charge in [0.25, 0.3) is 0 Å². The van der Waals surface area contributed by atoms with Gasteiger partial charge in [-0.15, -0.1) is 11.8 Å². The molecule has 12 heavy (non-hydrogen) atoms. The van der Waals surface area contributed by atoms with Crippen LogP contribution in [0.15, 0.2) is 23.1 Å². The third-order valence-electron chi connectivity index (χ3n) is 1.68. The Labute approximate surface area is 78.1 Å². The largest absolute Gasteiger partial charge is 0.494 e. The van der Waals surface area contributed by atoms with E-state index in [-0.39, 0.29) is 0 Å². The molecule has 1 rings (SSSR count). The Kier molecular flexibility index (Phi) is 3.48. The summed E-state index contributed by atoms with van der Waals surface area (Å²) in [5.74, 6) is 0.996. The maximum atomic E-state index is 5.43. The Morgan fingerprint density at radius 1 is 1.42 bits per heavy atom. The zero-order valence-corrected chi connectivity index (χ0v) is 8.57. The van der Waals surface area contributed by atoms with Crippen molar-refractivity contribution in [1.29, 1.82) is 0 Å². The Balaban J connectivity index is 2.87. The lowest BCUT2D eigenvalue weighted by Crippen LogP contribution is -1.93. The van der Waals surface area contributed by atoms with Gasteiger partial charge < -0.3 is 4.74 Å². The van der Waals surface area contributed by atoms with Crippen LogP contribution in [0.25, 0.3) is 0 Å². The van der Waals surface area contributed by atoms with Crippen LogP contribution < -0.4 is 4.74 Å². The van der Waals surface area contributed by atoms with E-state index < -0.39 is 0 Å². The van der Waals surface area contributed by atoms with Crippen molar-refractivity contribution in [1.82, 2.24) is 0 Å². The Bertz CT molecular complexity index is 258. The minimum absolute atomic E-state index is 0.736. The van der Waals surface area contributed by atoms with Gasteiger partial charge in [-0.05, 0) is 43.9 Å². The number of aryl methyl sites for hydroxylation is 1. The predicted octanol–water partition coefficient (Wildman–Crippen LogP) is 3.12. The van der Waals surface area contributed by atoms with Gasteiger partial charge in [0.05, 0.1) is 6.61 Å². The zero-order valence-electron chi connectivity index (χ0n) is 7.76. The fourth-order valence-electron chi connectivity index (χ4n) is 1.07. The fraction of sp³-hybridized carbons (Fsp3) is 0.400. The van der Waals surface area contributed by atoms with E-state index in [4.69, 9.17) is 4.74 Å². The van der Waals surface area contributed by atoms with Crippen LogP contribution in [0.5, 0.6) is 5.75 Å². The molecule has 0 unspecified atom stereocenters. The van der Waals surface area contributed by atoms with Crippen molar-refractivity contribution in [2.45, 2.75) is 18.7 Å². The quantitative estimate of drug-likeness (QED) is 0.664. The molecule has 66 valence electrons. The van der Waals surface area contributed by atoms with Crippen LogP contribution >= 0.6 is 11.8 Å². The molecule has 0 amide bonds. The number of ether oxygens (including phenoxy) is 1. The molecule has 0 spiro atoms. The molecule has 1 aromatic carbocycles. The van der Waals surface area contributed by atoms with Crippen LogP contribution in [-0.2, 0) is 0 Å². The van der Waals surface area contributed by atoms with Crippen molar-refractivity contribution < 1.29 is 4.74 Å². The number of hydrogen-bond donors (Lipinski definition) is 0. The average Bonchev–Trinajstić information content (AvgIpc) is 2.09. The second kappa shape index (κ2) is 4.41. The molecule has 2 heteroatoms. The summed E-state index contributed by atoms with van der Waals surface area (Å²) < 4.78 is 5.43. The molecule has 0 aliphatic heterocycles. The van der Waals surface area contributed by atoms with Crippen LogP contribution in [-0.4, -0.2) is 12.9 Å². The summed E-state index contributed by atoms with van der Waals surface area (Å²) in [6.07, 6.45) is 2.08. The van der Waals surface area contributed by atoms with E-state index in [1.165, 1.54) is 10.5 Å². The second-order valence-corrected chi connectivity index (χ2v) is 3.44. The standard InChI is InChI=1S/C10H14OS/c1-4-11-10-6-5-9(12-3)7-8(10)2/h5-7H,4H2,1-3H3. The lowest BCUT2D eigenvalue weighted by atomic mass is 10.2. The van der Waals surface area contributed by atoms with Crippen LogP contribution in [0, 0.1) is 6.92 Å². The monoisotopic (exact) mass is 182 g/mol. The van der Waals surface area contributed by atoms with Crippen molar-refractivity contribution in [2.75, 3.05) is 12.9 Å². The summed E-state index contributed by atoms with van der Waals surface area (Å²) in [7, 11) is 0. The highest BCUT2D eigenvalue weighted by Crippen LogP contribution is 2.23. The molecular formula is C10H14OS. The lowest BCUT2D eigenvalue weighted by Gasteiger charge is -2.07. The van der Waals surface area contributed by atoms with E-state index in [2.05, 4.69) is 25.3 Å². The molecule has 1 nitrogen and oxygen atoms in total. The first-order valence-corrected chi connectivity index (χ1v) is 5.28. The van der Waals surface area contributed by atoms with E-state index in [1.807, 2.05) is 13.0 Å². The highest BCUT2D eigenvalue weighted by molar-refractivity contribution is 7.98. The number of thioether (sulfide) groups is 1. The minimum atomic E-state index is 0.736. The van der Waals surface area contributed by atoms with Gasteiger partial charge in [-0.2, -0.15) is 0 Å². The van der Waals surface area contributed by atoms with Crippen molar-refractivity contribution in [3.8, 4) is 5.75 Å². The van der Waals surface area contributed by atoms with Gasteiger partial charge in [0.15, 0.2) is 0 Å². The van der Waals surface area contributed by atoms with Gasteiger partial charge in [0.1, 0.15) is 5.75 Å². The van der Waals surface area contributed by atoms with Crippen LogP contribution in [0.2, 0.25) is 0 Å². The van der Waals surface area contributed by atoms with E-state index >= 15 is 0 Å². The van der Waals surface area contributed by atoms with E-state index in [9.17, 15) is 0 Å². The first-order chi connectivity index (χ1) is 5.77. The van der Waals surface area contributed by atoms with Gasteiger partial charge in [0, 0.05) is 4.90 Å². The first-order valence-electron chi connectivity index (χ1n) is 4.05. The zero-order chi connectivity index (χ0) is 8.97.